The molecule has 0 fully saturated rings. The predicted octanol–water partition coefficient (Wildman–Crippen LogP) is 2.01. The summed E-state index contributed by atoms with van der Waals surface area (Å²) in [5, 5.41) is 8.37. The van der Waals surface area contributed by atoms with Gasteiger partial charge >= 0.3 is 0 Å². The summed E-state index contributed by atoms with van der Waals surface area (Å²) >= 11 is 0. The van der Waals surface area contributed by atoms with Crippen LogP contribution in [0.1, 0.15) is 29.8 Å². The first-order chi connectivity index (χ1) is 14.0. The zero-order valence-electron chi connectivity index (χ0n) is 16.9. The molecule has 2 rings (SSSR count). The molecule has 7 heteroatoms. The lowest BCUT2D eigenvalue weighted by molar-refractivity contribution is -0.123. The first-order valence-electron chi connectivity index (χ1n) is 9.73. The minimum Gasteiger partial charge on any atom is -0.355 e. The zero-order valence-corrected chi connectivity index (χ0v) is 16.9. The van der Waals surface area contributed by atoms with Crippen LogP contribution in [0.25, 0.3) is 0 Å². The monoisotopic (exact) mass is 396 g/mol. The van der Waals surface area contributed by atoms with Gasteiger partial charge in [-0.1, -0.05) is 49.4 Å². The number of nitrogens with zero attached hydrogens (tertiary/aromatic N) is 1. The van der Waals surface area contributed by atoms with Crippen molar-refractivity contribution in [2.75, 3.05) is 31.5 Å². The lowest BCUT2D eigenvalue weighted by Gasteiger charge is -2.19. The Labute approximate surface area is 171 Å². The third-order valence-electron chi connectivity index (χ3n) is 4.30. The van der Waals surface area contributed by atoms with Crippen LogP contribution in [0.4, 0.5) is 5.69 Å². The number of para-hydroxylation sites is 1. The summed E-state index contributed by atoms with van der Waals surface area (Å²) in [7, 11) is 0. The van der Waals surface area contributed by atoms with Crippen molar-refractivity contribution in [1.82, 2.24) is 15.5 Å². The second-order valence-electron chi connectivity index (χ2n) is 6.52. The molecule has 29 heavy (non-hydrogen) atoms. The Bertz CT molecular complexity index is 824. The SMILES string of the molecule is CCNC(=O)CN(CC)CC(=O)Nc1ccccc1C(=O)NCc1ccccc1. The molecule has 0 aliphatic rings. The summed E-state index contributed by atoms with van der Waals surface area (Å²) in [5.41, 5.74) is 1.83. The van der Waals surface area contributed by atoms with Gasteiger partial charge in [-0.15, -0.1) is 0 Å². The molecule has 2 aromatic carbocycles. The number of carbonyl (C=O) groups is 3. The molecule has 0 heterocycles. The number of anilines is 1. The molecule has 0 aromatic heterocycles. The van der Waals surface area contributed by atoms with Crippen LogP contribution in [0.2, 0.25) is 0 Å². The van der Waals surface area contributed by atoms with Crippen LogP contribution in [0.15, 0.2) is 54.6 Å². The highest BCUT2D eigenvalue weighted by atomic mass is 16.2. The van der Waals surface area contributed by atoms with E-state index in [1.54, 1.807) is 29.2 Å². The molecule has 0 bridgehead atoms. The lowest BCUT2D eigenvalue weighted by Crippen LogP contribution is -2.41. The van der Waals surface area contributed by atoms with Crippen LogP contribution in [0.3, 0.4) is 0 Å². The van der Waals surface area contributed by atoms with Crippen molar-refractivity contribution in [2.45, 2.75) is 20.4 Å². The Kier molecular flexibility index (Phi) is 8.85. The minimum atomic E-state index is -0.278. The molecule has 3 amide bonds. The summed E-state index contributed by atoms with van der Waals surface area (Å²) in [6, 6.07) is 16.5. The number of nitrogens with one attached hydrogen (secondary N) is 3. The van der Waals surface area contributed by atoms with E-state index >= 15 is 0 Å². The molecule has 0 aliphatic heterocycles. The predicted molar refractivity (Wildman–Crippen MR) is 113 cm³/mol. The molecule has 0 saturated carbocycles. The maximum atomic E-state index is 12.6. The van der Waals surface area contributed by atoms with E-state index in [2.05, 4.69) is 16.0 Å². The molecule has 0 spiro atoms. The molecular formula is C22H28N4O3. The summed E-state index contributed by atoms with van der Waals surface area (Å²) in [5.74, 6) is -0.665. The van der Waals surface area contributed by atoms with Crippen LogP contribution in [0.5, 0.6) is 0 Å². The van der Waals surface area contributed by atoms with E-state index in [0.29, 0.717) is 30.9 Å². The van der Waals surface area contributed by atoms with Crippen molar-refractivity contribution < 1.29 is 14.4 Å². The van der Waals surface area contributed by atoms with Gasteiger partial charge in [-0.3, -0.25) is 19.3 Å². The van der Waals surface area contributed by atoms with Crippen LogP contribution in [-0.4, -0.2) is 48.8 Å². The Morgan fingerprint density at radius 1 is 0.828 bits per heavy atom. The van der Waals surface area contributed by atoms with E-state index in [1.165, 1.54) is 0 Å². The Hall–Kier alpha value is -3.19. The molecular weight excluding hydrogens is 368 g/mol. The maximum Gasteiger partial charge on any atom is 0.253 e. The average Bonchev–Trinajstić information content (AvgIpc) is 2.72. The van der Waals surface area contributed by atoms with Gasteiger partial charge in [0.1, 0.15) is 0 Å². The molecule has 3 N–H and O–H groups in total. The van der Waals surface area contributed by atoms with Crippen molar-refractivity contribution in [2.24, 2.45) is 0 Å². The van der Waals surface area contributed by atoms with Crippen LogP contribution in [0, 0.1) is 0 Å². The number of hydrogen-bond acceptors (Lipinski definition) is 4. The van der Waals surface area contributed by atoms with Crippen molar-refractivity contribution >= 4 is 23.4 Å². The van der Waals surface area contributed by atoms with Gasteiger partial charge in [-0.05, 0) is 31.2 Å². The van der Waals surface area contributed by atoms with E-state index < -0.39 is 0 Å². The first-order valence-corrected chi connectivity index (χ1v) is 9.73. The van der Waals surface area contributed by atoms with E-state index in [9.17, 15) is 14.4 Å². The lowest BCUT2D eigenvalue weighted by atomic mass is 10.1. The van der Waals surface area contributed by atoms with Crippen LogP contribution < -0.4 is 16.0 Å². The van der Waals surface area contributed by atoms with Crippen molar-refractivity contribution in [3.05, 3.63) is 65.7 Å². The standard InChI is InChI=1S/C22H28N4O3/c1-3-23-20(27)15-26(4-2)16-21(28)25-19-13-9-8-12-18(19)22(29)24-14-17-10-6-5-7-11-17/h5-13H,3-4,14-16H2,1-2H3,(H,23,27)(H,24,29)(H,25,28). The number of likely N-dealkylation sites (N-methyl/N-ethyl adjacent to an activating group) is 2. The fraction of sp³-hybridized carbons (Fsp3) is 0.318. The highest BCUT2D eigenvalue weighted by Gasteiger charge is 2.16. The number of rotatable bonds is 10. The third kappa shape index (κ3) is 7.38. The molecule has 7 nitrogen and oxygen atoms in total. The zero-order chi connectivity index (χ0) is 21.1. The minimum absolute atomic E-state index is 0.0631. The third-order valence-corrected chi connectivity index (χ3v) is 4.30. The number of amides is 3. The van der Waals surface area contributed by atoms with Crippen LogP contribution >= 0.6 is 0 Å². The molecule has 154 valence electrons. The van der Waals surface area contributed by atoms with Gasteiger partial charge in [0.05, 0.1) is 24.3 Å². The van der Waals surface area contributed by atoms with Gasteiger partial charge in [0.2, 0.25) is 11.8 Å². The summed E-state index contributed by atoms with van der Waals surface area (Å²) in [6.45, 7) is 5.46. The van der Waals surface area contributed by atoms with Gasteiger partial charge in [-0.25, -0.2) is 0 Å². The molecule has 0 aliphatic carbocycles. The van der Waals surface area contributed by atoms with Gasteiger partial charge in [0.25, 0.3) is 5.91 Å². The Balaban J connectivity index is 1.97. The van der Waals surface area contributed by atoms with Gasteiger partial charge in [0.15, 0.2) is 0 Å². The average molecular weight is 396 g/mol. The smallest absolute Gasteiger partial charge is 0.253 e. The number of carbonyl (C=O) groups excluding carboxylic acids is 3. The van der Waals surface area contributed by atoms with Gasteiger partial charge < -0.3 is 16.0 Å². The van der Waals surface area contributed by atoms with Crippen molar-refractivity contribution in [3.8, 4) is 0 Å². The Morgan fingerprint density at radius 2 is 1.48 bits per heavy atom. The number of benzene rings is 2. The summed E-state index contributed by atoms with van der Waals surface area (Å²) in [4.78, 5) is 38.5. The van der Waals surface area contributed by atoms with E-state index in [0.717, 1.165) is 5.56 Å². The summed E-state index contributed by atoms with van der Waals surface area (Å²) in [6.07, 6.45) is 0. The first kappa shape index (κ1) is 22.1. The highest BCUT2D eigenvalue weighted by molar-refractivity contribution is 6.04. The molecule has 2 aromatic rings. The van der Waals surface area contributed by atoms with Crippen molar-refractivity contribution in [3.63, 3.8) is 0 Å². The maximum absolute atomic E-state index is 12.6. The van der Waals surface area contributed by atoms with Gasteiger partial charge in [-0.2, -0.15) is 0 Å². The van der Waals surface area contributed by atoms with E-state index in [1.807, 2.05) is 44.2 Å². The fourth-order valence-electron chi connectivity index (χ4n) is 2.79. The topological polar surface area (TPSA) is 90.5 Å². The van der Waals surface area contributed by atoms with Gasteiger partial charge in [0, 0.05) is 13.1 Å². The van der Waals surface area contributed by atoms with Crippen molar-refractivity contribution in [1.29, 1.82) is 0 Å². The second kappa shape index (κ2) is 11.6. The quantitative estimate of drug-likeness (QED) is 0.573. The largest absolute Gasteiger partial charge is 0.355 e. The van der Waals surface area contributed by atoms with E-state index in [-0.39, 0.29) is 30.8 Å². The van der Waals surface area contributed by atoms with Crippen LogP contribution in [-0.2, 0) is 16.1 Å². The fourth-order valence-corrected chi connectivity index (χ4v) is 2.79. The second-order valence-corrected chi connectivity index (χ2v) is 6.52. The molecule has 0 saturated heterocycles. The highest BCUT2D eigenvalue weighted by Crippen LogP contribution is 2.15. The van der Waals surface area contributed by atoms with E-state index in [4.69, 9.17) is 0 Å². The molecule has 0 radical (unpaired) electrons. The normalized spacial score (nSPS) is 10.4. The Morgan fingerprint density at radius 3 is 2.17 bits per heavy atom. The molecule has 0 unspecified atom stereocenters. The summed E-state index contributed by atoms with van der Waals surface area (Å²) < 4.78 is 0. The number of hydrogen-bond donors (Lipinski definition) is 3. The molecule has 0 atom stereocenters.